The number of carbonyl (C=O) groups is 1. The van der Waals surface area contributed by atoms with Crippen LogP contribution in [0.2, 0.25) is 0 Å². The summed E-state index contributed by atoms with van der Waals surface area (Å²) in [5.41, 5.74) is 5.53. The Hall–Kier alpha value is -2.17. The number of hydrogen-bond donors (Lipinski definition) is 1. The molecule has 136 valence electrons. The Labute approximate surface area is 155 Å². The van der Waals surface area contributed by atoms with Crippen molar-refractivity contribution in [1.29, 1.82) is 0 Å². The number of likely N-dealkylation sites (tertiary alicyclic amines) is 1. The number of carboxylic acids is 1. The fourth-order valence-electron chi connectivity index (χ4n) is 4.70. The zero-order valence-corrected chi connectivity index (χ0v) is 15.3. The zero-order valence-electron chi connectivity index (χ0n) is 15.3. The summed E-state index contributed by atoms with van der Waals surface area (Å²) in [7, 11) is 0. The SMILES string of the molecule is CCN(CC(=O)O)C1CCN(C2c3ccccc3-c3ccccc32)CC1. The van der Waals surface area contributed by atoms with Gasteiger partial charge in [-0.2, -0.15) is 0 Å². The summed E-state index contributed by atoms with van der Waals surface area (Å²) in [6.07, 6.45) is 2.06. The molecule has 2 aliphatic rings. The van der Waals surface area contributed by atoms with Gasteiger partial charge >= 0.3 is 5.97 Å². The van der Waals surface area contributed by atoms with Gasteiger partial charge in [-0.1, -0.05) is 55.5 Å². The van der Waals surface area contributed by atoms with Gasteiger partial charge < -0.3 is 5.11 Å². The third-order valence-electron chi connectivity index (χ3n) is 5.93. The summed E-state index contributed by atoms with van der Waals surface area (Å²) in [6.45, 7) is 5.02. The van der Waals surface area contributed by atoms with Crippen LogP contribution in [0.15, 0.2) is 48.5 Å². The second-order valence-electron chi connectivity index (χ2n) is 7.30. The summed E-state index contributed by atoms with van der Waals surface area (Å²) in [4.78, 5) is 15.8. The Morgan fingerprint density at radius 3 is 2.08 bits per heavy atom. The third-order valence-corrected chi connectivity index (χ3v) is 5.93. The molecule has 1 heterocycles. The van der Waals surface area contributed by atoms with Gasteiger partial charge in [-0.05, 0) is 41.6 Å². The van der Waals surface area contributed by atoms with E-state index in [-0.39, 0.29) is 6.54 Å². The second-order valence-corrected chi connectivity index (χ2v) is 7.30. The Morgan fingerprint density at radius 1 is 1.04 bits per heavy atom. The van der Waals surface area contributed by atoms with E-state index in [0.717, 1.165) is 32.5 Å². The summed E-state index contributed by atoms with van der Waals surface area (Å²) < 4.78 is 0. The maximum Gasteiger partial charge on any atom is 0.317 e. The van der Waals surface area contributed by atoms with Gasteiger partial charge in [-0.3, -0.25) is 14.6 Å². The van der Waals surface area contributed by atoms with Crippen molar-refractivity contribution in [2.45, 2.75) is 31.8 Å². The number of hydrogen-bond acceptors (Lipinski definition) is 3. The minimum atomic E-state index is -0.729. The van der Waals surface area contributed by atoms with E-state index in [2.05, 4.69) is 65.3 Å². The first-order valence-electron chi connectivity index (χ1n) is 9.57. The van der Waals surface area contributed by atoms with Crippen molar-refractivity contribution in [3.8, 4) is 11.1 Å². The lowest BCUT2D eigenvalue weighted by atomic mass is 9.97. The lowest BCUT2D eigenvalue weighted by molar-refractivity contribution is -0.139. The summed E-state index contributed by atoms with van der Waals surface area (Å²) in [6, 6.07) is 18.2. The predicted octanol–water partition coefficient (Wildman–Crippen LogP) is 3.63. The normalized spacial score (nSPS) is 18.1. The summed E-state index contributed by atoms with van der Waals surface area (Å²) in [5, 5.41) is 9.14. The number of likely N-dealkylation sites (N-methyl/N-ethyl adjacent to an activating group) is 1. The van der Waals surface area contributed by atoms with E-state index in [0.29, 0.717) is 12.1 Å². The molecule has 0 amide bonds. The van der Waals surface area contributed by atoms with Gasteiger partial charge in [0, 0.05) is 19.1 Å². The van der Waals surface area contributed by atoms with Crippen LogP contribution in [0.1, 0.15) is 36.9 Å². The first-order chi connectivity index (χ1) is 12.7. The highest BCUT2D eigenvalue weighted by Crippen LogP contribution is 2.46. The van der Waals surface area contributed by atoms with Gasteiger partial charge in [-0.25, -0.2) is 0 Å². The average molecular weight is 350 g/mol. The van der Waals surface area contributed by atoms with Crippen LogP contribution in [0.4, 0.5) is 0 Å². The molecule has 1 fully saturated rings. The first kappa shape index (κ1) is 17.3. The standard InChI is InChI=1S/C22H26N2O2/c1-2-23(15-21(25)26)16-11-13-24(14-12-16)22-19-9-5-3-7-17(19)18-8-4-6-10-20(18)22/h3-10,16,22H,2,11-15H2,1H3,(H,25,26). The number of rotatable bonds is 5. The fourth-order valence-corrected chi connectivity index (χ4v) is 4.70. The highest BCUT2D eigenvalue weighted by Gasteiger charge is 2.35. The molecule has 0 aromatic heterocycles. The molecule has 4 nitrogen and oxygen atoms in total. The van der Waals surface area contributed by atoms with Gasteiger partial charge in [0.05, 0.1) is 12.6 Å². The molecule has 0 radical (unpaired) electrons. The molecule has 0 unspecified atom stereocenters. The van der Waals surface area contributed by atoms with Crippen molar-refractivity contribution in [2.75, 3.05) is 26.2 Å². The molecule has 1 aliphatic carbocycles. The van der Waals surface area contributed by atoms with E-state index < -0.39 is 5.97 Å². The van der Waals surface area contributed by atoms with Crippen LogP contribution >= 0.6 is 0 Å². The van der Waals surface area contributed by atoms with Crippen molar-refractivity contribution in [3.05, 3.63) is 59.7 Å². The molecule has 0 saturated carbocycles. The smallest absolute Gasteiger partial charge is 0.317 e. The molecule has 2 aromatic rings. The van der Waals surface area contributed by atoms with Crippen LogP contribution in [-0.4, -0.2) is 53.1 Å². The van der Waals surface area contributed by atoms with Gasteiger partial charge in [-0.15, -0.1) is 0 Å². The monoisotopic (exact) mass is 350 g/mol. The quantitative estimate of drug-likeness (QED) is 0.894. The third kappa shape index (κ3) is 3.04. The van der Waals surface area contributed by atoms with Crippen molar-refractivity contribution in [1.82, 2.24) is 9.80 Å². The molecule has 2 aromatic carbocycles. The van der Waals surface area contributed by atoms with Crippen molar-refractivity contribution in [2.24, 2.45) is 0 Å². The largest absolute Gasteiger partial charge is 0.480 e. The lowest BCUT2D eigenvalue weighted by Crippen LogP contribution is -2.47. The maximum atomic E-state index is 11.1. The molecule has 1 saturated heterocycles. The number of aliphatic carboxylic acids is 1. The van der Waals surface area contributed by atoms with Gasteiger partial charge in [0.15, 0.2) is 0 Å². The zero-order chi connectivity index (χ0) is 18.1. The van der Waals surface area contributed by atoms with Crippen molar-refractivity contribution < 1.29 is 9.90 Å². The lowest BCUT2D eigenvalue weighted by Gasteiger charge is -2.40. The Bertz CT molecular complexity index is 751. The number of nitrogens with zero attached hydrogens (tertiary/aromatic N) is 2. The Morgan fingerprint density at radius 2 is 1.58 bits per heavy atom. The first-order valence-corrected chi connectivity index (χ1v) is 9.57. The van der Waals surface area contributed by atoms with Gasteiger partial charge in [0.2, 0.25) is 0 Å². The molecule has 1 N–H and O–H groups in total. The minimum Gasteiger partial charge on any atom is -0.480 e. The van der Waals surface area contributed by atoms with Crippen LogP contribution in [0.5, 0.6) is 0 Å². The molecular weight excluding hydrogens is 324 g/mol. The van der Waals surface area contributed by atoms with E-state index >= 15 is 0 Å². The minimum absolute atomic E-state index is 0.149. The van der Waals surface area contributed by atoms with E-state index in [4.69, 9.17) is 5.11 Å². The number of piperidine rings is 1. The highest BCUT2D eigenvalue weighted by atomic mass is 16.4. The van der Waals surface area contributed by atoms with Crippen molar-refractivity contribution in [3.63, 3.8) is 0 Å². The number of benzene rings is 2. The molecule has 0 spiro atoms. The van der Waals surface area contributed by atoms with Gasteiger partial charge in [0.25, 0.3) is 0 Å². The molecule has 0 atom stereocenters. The molecular formula is C22H26N2O2. The van der Waals surface area contributed by atoms with Crippen molar-refractivity contribution >= 4 is 5.97 Å². The Kier molecular flexibility index (Phi) is 4.79. The number of carboxylic acid groups (broad SMARTS) is 1. The van der Waals surface area contributed by atoms with E-state index in [1.807, 2.05) is 0 Å². The maximum absolute atomic E-state index is 11.1. The van der Waals surface area contributed by atoms with Crippen LogP contribution in [0.25, 0.3) is 11.1 Å². The Balaban J connectivity index is 1.54. The fraction of sp³-hybridized carbons (Fsp3) is 0.409. The van der Waals surface area contributed by atoms with E-state index in [1.165, 1.54) is 22.3 Å². The highest BCUT2D eigenvalue weighted by molar-refractivity contribution is 5.78. The summed E-state index contributed by atoms with van der Waals surface area (Å²) >= 11 is 0. The van der Waals surface area contributed by atoms with E-state index in [1.54, 1.807) is 0 Å². The average Bonchev–Trinajstić information content (AvgIpc) is 3.01. The van der Waals surface area contributed by atoms with Crippen LogP contribution in [0.3, 0.4) is 0 Å². The van der Waals surface area contributed by atoms with Crippen LogP contribution in [-0.2, 0) is 4.79 Å². The molecule has 0 bridgehead atoms. The van der Waals surface area contributed by atoms with Crippen LogP contribution < -0.4 is 0 Å². The second kappa shape index (κ2) is 7.22. The molecule has 4 rings (SSSR count). The molecule has 26 heavy (non-hydrogen) atoms. The molecule has 1 aliphatic heterocycles. The van der Waals surface area contributed by atoms with Crippen LogP contribution in [0, 0.1) is 0 Å². The topological polar surface area (TPSA) is 43.8 Å². The number of fused-ring (bicyclic) bond motifs is 3. The van der Waals surface area contributed by atoms with Gasteiger partial charge in [0.1, 0.15) is 0 Å². The summed E-state index contributed by atoms with van der Waals surface area (Å²) in [5.74, 6) is -0.729. The van der Waals surface area contributed by atoms with E-state index in [9.17, 15) is 4.79 Å². The predicted molar refractivity (Wildman–Crippen MR) is 103 cm³/mol. The molecule has 4 heteroatoms.